The standard InChI is InChI=1S/C17H23N3O3/c1-12(2)18-16(21)13-4-5-14(15(10-13)20(22)23)19-9-3-6-17(11-19)7-8-17/h4-5,10,12H,3,6-9,11H2,1-2H3,(H,18,21). The minimum Gasteiger partial charge on any atom is -0.365 e. The van der Waals surface area contributed by atoms with E-state index in [-0.39, 0.29) is 22.6 Å². The summed E-state index contributed by atoms with van der Waals surface area (Å²) in [5.41, 5.74) is 1.40. The summed E-state index contributed by atoms with van der Waals surface area (Å²) in [6.07, 6.45) is 4.76. The van der Waals surface area contributed by atoms with E-state index in [0.29, 0.717) is 16.7 Å². The second-order valence-electron chi connectivity index (χ2n) is 7.11. The molecule has 2 fully saturated rings. The molecule has 1 saturated carbocycles. The van der Waals surface area contributed by atoms with Crippen LogP contribution in [0.1, 0.15) is 49.9 Å². The Balaban J connectivity index is 1.88. The van der Waals surface area contributed by atoms with E-state index >= 15 is 0 Å². The van der Waals surface area contributed by atoms with Crippen LogP contribution in [0.3, 0.4) is 0 Å². The number of rotatable bonds is 4. The van der Waals surface area contributed by atoms with Crippen molar-refractivity contribution in [2.45, 2.75) is 45.6 Å². The maximum absolute atomic E-state index is 12.1. The zero-order valence-corrected chi connectivity index (χ0v) is 13.7. The third-order valence-electron chi connectivity index (χ3n) is 4.81. The second kappa shape index (κ2) is 5.83. The molecule has 1 aliphatic carbocycles. The van der Waals surface area contributed by atoms with Gasteiger partial charge in [-0.2, -0.15) is 0 Å². The van der Waals surface area contributed by atoms with E-state index < -0.39 is 0 Å². The molecule has 0 bridgehead atoms. The first-order valence-electron chi connectivity index (χ1n) is 8.24. The van der Waals surface area contributed by atoms with E-state index in [1.165, 1.54) is 25.3 Å². The van der Waals surface area contributed by atoms with Crippen LogP contribution >= 0.6 is 0 Å². The van der Waals surface area contributed by atoms with E-state index in [0.717, 1.165) is 19.5 Å². The number of carbonyl (C=O) groups excluding carboxylic acids is 1. The molecular weight excluding hydrogens is 294 g/mol. The molecular formula is C17H23N3O3. The molecule has 23 heavy (non-hydrogen) atoms. The predicted octanol–water partition coefficient (Wildman–Crippen LogP) is 3.11. The van der Waals surface area contributed by atoms with Gasteiger partial charge in [-0.1, -0.05) is 0 Å². The Morgan fingerprint density at radius 1 is 1.35 bits per heavy atom. The smallest absolute Gasteiger partial charge is 0.293 e. The topological polar surface area (TPSA) is 75.5 Å². The number of hydrogen-bond donors (Lipinski definition) is 1. The molecule has 0 aromatic heterocycles. The van der Waals surface area contributed by atoms with Crippen molar-refractivity contribution in [1.29, 1.82) is 0 Å². The highest BCUT2D eigenvalue weighted by atomic mass is 16.6. The monoisotopic (exact) mass is 317 g/mol. The van der Waals surface area contributed by atoms with Crippen LogP contribution in [0.4, 0.5) is 11.4 Å². The van der Waals surface area contributed by atoms with Crippen molar-refractivity contribution in [2.75, 3.05) is 18.0 Å². The molecule has 1 N–H and O–H groups in total. The van der Waals surface area contributed by atoms with Gasteiger partial charge < -0.3 is 10.2 Å². The molecule has 1 amide bonds. The van der Waals surface area contributed by atoms with Gasteiger partial charge in [-0.05, 0) is 57.1 Å². The van der Waals surface area contributed by atoms with Crippen LogP contribution in [-0.4, -0.2) is 30.0 Å². The number of hydrogen-bond acceptors (Lipinski definition) is 4. The van der Waals surface area contributed by atoms with Gasteiger partial charge in [-0.25, -0.2) is 0 Å². The number of benzene rings is 1. The van der Waals surface area contributed by atoms with Crippen molar-refractivity contribution < 1.29 is 9.72 Å². The number of amides is 1. The molecule has 1 spiro atoms. The summed E-state index contributed by atoms with van der Waals surface area (Å²) in [7, 11) is 0. The summed E-state index contributed by atoms with van der Waals surface area (Å²) in [6.45, 7) is 5.47. The molecule has 1 aromatic carbocycles. The summed E-state index contributed by atoms with van der Waals surface area (Å²) in [5, 5.41) is 14.3. The van der Waals surface area contributed by atoms with E-state index in [9.17, 15) is 14.9 Å². The molecule has 3 rings (SSSR count). The molecule has 0 atom stereocenters. The van der Waals surface area contributed by atoms with Crippen LogP contribution in [0.5, 0.6) is 0 Å². The highest BCUT2D eigenvalue weighted by Gasteiger charge is 2.46. The Morgan fingerprint density at radius 3 is 2.70 bits per heavy atom. The molecule has 0 radical (unpaired) electrons. The van der Waals surface area contributed by atoms with E-state index in [4.69, 9.17) is 0 Å². The molecule has 1 heterocycles. The van der Waals surface area contributed by atoms with Crippen molar-refractivity contribution >= 4 is 17.3 Å². The second-order valence-corrected chi connectivity index (χ2v) is 7.11. The highest BCUT2D eigenvalue weighted by molar-refractivity contribution is 5.96. The van der Waals surface area contributed by atoms with Crippen LogP contribution in [0, 0.1) is 15.5 Å². The van der Waals surface area contributed by atoms with Crippen LogP contribution in [0.25, 0.3) is 0 Å². The highest BCUT2D eigenvalue weighted by Crippen LogP contribution is 2.53. The first-order valence-corrected chi connectivity index (χ1v) is 8.24. The minimum absolute atomic E-state index is 0.00180. The number of nitrogens with zero attached hydrogens (tertiary/aromatic N) is 2. The van der Waals surface area contributed by atoms with Gasteiger partial charge in [0.1, 0.15) is 5.69 Å². The number of nitro groups is 1. The quantitative estimate of drug-likeness (QED) is 0.684. The van der Waals surface area contributed by atoms with Crippen molar-refractivity contribution in [1.82, 2.24) is 5.32 Å². The lowest BCUT2D eigenvalue weighted by Gasteiger charge is -2.34. The van der Waals surface area contributed by atoms with Gasteiger partial charge in [-0.15, -0.1) is 0 Å². The zero-order chi connectivity index (χ0) is 16.6. The van der Waals surface area contributed by atoms with Crippen molar-refractivity contribution in [3.63, 3.8) is 0 Å². The van der Waals surface area contributed by atoms with Crippen LogP contribution < -0.4 is 10.2 Å². The average Bonchev–Trinajstić information content (AvgIpc) is 3.24. The van der Waals surface area contributed by atoms with Crippen molar-refractivity contribution in [3.05, 3.63) is 33.9 Å². The third-order valence-corrected chi connectivity index (χ3v) is 4.81. The molecule has 0 unspecified atom stereocenters. The van der Waals surface area contributed by atoms with Crippen molar-refractivity contribution in [3.8, 4) is 0 Å². The van der Waals surface area contributed by atoms with E-state index in [2.05, 4.69) is 10.2 Å². The Bertz CT molecular complexity index is 638. The number of piperidine rings is 1. The average molecular weight is 317 g/mol. The number of nitrogens with one attached hydrogen (secondary N) is 1. The normalized spacial score (nSPS) is 19.0. The number of anilines is 1. The van der Waals surface area contributed by atoms with Gasteiger partial charge in [0.15, 0.2) is 0 Å². The Labute approximate surface area is 136 Å². The fraction of sp³-hybridized carbons (Fsp3) is 0.588. The van der Waals surface area contributed by atoms with E-state index in [1.807, 2.05) is 13.8 Å². The van der Waals surface area contributed by atoms with Crippen molar-refractivity contribution in [2.24, 2.45) is 5.41 Å². The number of carbonyl (C=O) groups is 1. The van der Waals surface area contributed by atoms with E-state index in [1.54, 1.807) is 12.1 Å². The summed E-state index contributed by atoms with van der Waals surface area (Å²) in [4.78, 5) is 25.3. The fourth-order valence-electron chi connectivity index (χ4n) is 3.42. The lowest BCUT2D eigenvalue weighted by Crippen LogP contribution is -2.37. The molecule has 1 aromatic rings. The summed E-state index contributed by atoms with van der Waals surface area (Å²) in [6, 6.07) is 4.82. The molecule has 6 heteroatoms. The van der Waals surface area contributed by atoms with Crippen LogP contribution in [0.2, 0.25) is 0 Å². The summed E-state index contributed by atoms with van der Waals surface area (Å²) in [5.74, 6) is -0.271. The van der Waals surface area contributed by atoms with Gasteiger partial charge in [-0.3, -0.25) is 14.9 Å². The maximum atomic E-state index is 12.1. The van der Waals surface area contributed by atoms with Gasteiger partial charge in [0.25, 0.3) is 11.6 Å². The fourth-order valence-corrected chi connectivity index (χ4v) is 3.42. The molecule has 124 valence electrons. The molecule has 1 aliphatic heterocycles. The zero-order valence-electron chi connectivity index (χ0n) is 13.7. The summed E-state index contributed by atoms with van der Waals surface area (Å²) >= 11 is 0. The Hall–Kier alpha value is -2.11. The van der Waals surface area contributed by atoms with Gasteiger partial charge >= 0.3 is 0 Å². The Morgan fingerprint density at radius 2 is 2.09 bits per heavy atom. The lowest BCUT2D eigenvalue weighted by atomic mass is 9.94. The number of nitro benzene ring substituents is 1. The molecule has 2 aliphatic rings. The third kappa shape index (κ3) is 3.30. The van der Waals surface area contributed by atoms with Gasteiger partial charge in [0, 0.05) is 30.8 Å². The molecule has 6 nitrogen and oxygen atoms in total. The van der Waals surface area contributed by atoms with Gasteiger partial charge in [0.2, 0.25) is 0 Å². The lowest BCUT2D eigenvalue weighted by molar-refractivity contribution is -0.384. The molecule has 1 saturated heterocycles. The first-order chi connectivity index (χ1) is 10.9. The summed E-state index contributed by atoms with van der Waals surface area (Å²) < 4.78 is 0. The minimum atomic E-state index is -0.379. The largest absolute Gasteiger partial charge is 0.365 e. The van der Waals surface area contributed by atoms with Gasteiger partial charge in [0.05, 0.1) is 4.92 Å². The van der Waals surface area contributed by atoms with Crippen LogP contribution in [-0.2, 0) is 0 Å². The first kappa shape index (κ1) is 15.8. The van der Waals surface area contributed by atoms with Crippen LogP contribution in [0.15, 0.2) is 18.2 Å². The SMILES string of the molecule is CC(C)NC(=O)c1ccc(N2CCCC3(CC3)C2)c([N+](=O)[O-])c1. The maximum Gasteiger partial charge on any atom is 0.293 e. The predicted molar refractivity (Wildman–Crippen MR) is 88.8 cm³/mol. The Kier molecular flexibility index (Phi) is 4.00.